The maximum Gasteiger partial charge on any atom is 0.269 e. The van der Waals surface area contributed by atoms with Crippen LogP contribution in [0.25, 0.3) is 5.69 Å². The third kappa shape index (κ3) is 2.33. The first-order valence-corrected chi connectivity index (χ1v) is 6.35. The topological polar surface area (TPSA) is 61.0 Å². The Morgan fingerprint density at radius 1 is 1.37 bits per heavy atom. The van der Waals surface area contributed by atoms with Crippen molar-refractivity contribution < 1.29 is 4.92 Å². The monoisotopic (exact) mass is 279 g/mol. The molecule has 1 heterocycles. The van der Waals surface area contributed by atoms with Crippen LogP contribution < -0.4 is 0 Å². The van der Waals surface area contributed by atoms with E-state index in [-0.39, 0.29) is 11.6 Å². The van der Waals surface area contributed by atoms with Gasteiger partial charge in [0, 0.05) is 23.7 Å². The van der Waals surface area contributed by atoms with Gasteiger partial charge in [0.25, 0.3) is 5.69 Å². The minimum Gasteiger partial charge on any atom is -0.258 e. The summed E-state index contributed by atoms with van der Waals surface area (Å²) in [5, 5.41) is 15.2. The van der Waals surface area contributed by atoms with Crippen molar-refractivity contribution in [3.05, 3.63) is 50.8 Å². The van der Waals surface area contributed by atoms with E-state index in [0.717, 1.165) is 22.6 Å². The fourth-order valence-corrected chi connectivity index (χ4v) is 2.17. The van der Waals surface area contributed by atoms with Gasteiger partial charge in [-0.2, -0.15) is 5.10 Å². The van der Waals surface area contributed by atoms with E-state index < -0.39 is 4.92 Å². The Labute approximate surface area is 116 Å². The van der Waals surface area contributed by atoms with Gasteiger partial charge < -0.3 is 0 Å². The van der Waals surface area contributed by atoms with Gasteiger partial charge in [0.05, 0.1) is 16.3 Å². The molecule has 1 aromatic carbocycles. The molecule has 0 fully saturated rings. The van der Waals surface area contributed by atoms with Crippen LogP contribution in [0.3, 0.4) is 0 Å². The van der Waals surface area contributed by atoms with Crippen LogP contribution in [0.5, 0.6) is 0 Å². The van der Waals surface area contributed by atoms with E-state index in [2.05, 4.69) is 5.10 Å². The molecule has 1 aromatic heterocycles. The molecule has 0 saturated heterocycles. The fraction of sp³-hybridized carbons (Fsp3) is 0.308. The molecule has 0 unspecified atom stereocenters. The molecule has 0 N–H and O–H groups in total. The average molecular weight is 280 g/mol. The molecule has 0 bridgehead atoms. The number of hydrogen-bond acceptors (Lipinski definition) is 3. The molecule has 100 valence electrons. The summed E-state index contributed by atoms with van der Waals surface area (Å²) < 4.78 is 1.78. The predicted molar refractivity (Wildman–Crippen MR) is 74.0 cm³/mol. The lowest BCUT2D eigenvalue weighted by atomic mass is 10.1. The number of alkyl halides is 1. The number of hydrogen-bond donors (Lipinski definition) is 0. The van der Waals surface area contributed by atoms with Gasteiger partial charge >= 0.3 is 0 Å². The van der Waals surface area contributed by atoms with Crippen molar-refractivity contribution in [2.45, 2.75) is 26.7 Å². The molecule has 6 heteroatoms. The molecular weight excluding hydrogens is 266 g/mol. The number of non-ortho nitro benzene ring substituents is 1. The van der Waals surface area contributed by atoms with Crippen LogP contribution in [-0.2, 0) is 5.88 Å². The average Bonchev–Trinajstić information content (AvgIpc) is 2.65. The van der Waals surface area contributed by atoms with Crippen LogP contribution in [0.2, 0.25) is 0 Å². The Bertz CT molecular complexity index is 650. The number of aromatic nitrogens is 2. The smallest absolute Gasteiger partial charge is 0.258 e. The van der Waals surface area contributed by atoms with Crippen molar-refractivity contribution in [2.24, 2.45) is 0 Å². The Morgan fingerprint density at radius 3 is 2.53 bits per heavy atom. The molecule has 0 amide bonds. The molecule has 0 radical (unpaired) electrons. The van der Waals surface area contributed by atoms with Crippen LogP contribution in [0.4, 0.5) is 5.69 Å². The number of rotatable bonds is 3. The van der Waals surface area contributed by atoms with E-state index in [1.807, 2.05) is 20.8 Å². The van der Waals surface area contributed by atoms with Gasteiger partial charge in [-0.15, -0.1) is 11.6 Å². The first kappa shape index (κ1) is 13.5. The lowest BCUT2D eigenvalue weighted by Gasteiger charge is -2.09. The summed E-state index contributed by atoms with van der Waals surface area (Å²) in [6.45, 7) is 5.90. The minimum absolute atomic E-state index is 0.0395. The first-order chi connectivity index (χ1) is 8.95. The van der Waals surface area contributed by atoms with E-state index >= 15 is 0 Å². The van der Waals surface area contributed by atoms with Gasteiger partial charge in [-0.25, -0.2) is 4.68 Å². The Morgan fingerprint density at radius 2 is 2.05 bits per heavy atom. The summed E-state index contributed by atoms with van der Waals surface area (Å²) in [6.07, 6.45) is 0. The number of halogens is 1. The lowest BCUT2D eigenvalue weighted by molar-refractivity contribution is -0.384. The summed E-state index contributed by atoms with van der Waals surface area (Å²) >= 11 is 5.89. The van der Waals surface area contributed by atoms with Crippen molar-refractivity contribution in [1.29, 1.82) is 0 Å². The number of nitro groups is 1. The standard InChI is InChI=1S/C13H14ClN3O2/c1-8-9(2)15-16(10(8)3)13-5-4-12(17(18)19)6-11(13)7-14/h4-6H,7H2,1-3H3. The van der Waals surface area contributed by atoms with E-state index in [1.54, 1.807) is 10.7 Å². The van der Waals surface area contributed by atoms with Crippen LogP contribution in [0, 0.1) is 30.9 Å². The minimum atomic E-state index is -0.424. The highest BCUT2D eigenvalue weighted by atomic mass is 35.5. The number of aryl methyl sites for hydroxylation is 1. The van der Waals surface area contributed by atoms with Gasteiger partial charge in [0.2, 0.25) is 0 Å². The third-order valence-corrected chi connectivity index (χ3v) is 3.59. The number of nitro benzene ring substituents is 1. The Balaban J connectivity index is 2.62. The summed E-state index contributed by atoms with van der Waals surface area (Å²) in [5.41, 5.74) is 4.58. The van der Waals surface area contributed by atoms with E-state index in [1.165, 1.54) is 12.1 Å². The molecule has 0 atom stereocenters. The maximum atomic E-state index is 10.8. The highest BCUT2D eigenvalue weighted by Gasteiger charge is 2.15. The molecule has 0 saturated carbocycles. The van der Waals surface area contributed by atoms with Crippen LogP contribution in [0.15, 0.2) is 18.2 Å². The SMILES string of the molecule is Cc1nn(-c2ccc([N+](=O)[O-])cc2CCl)c(C)c1C. The van der Waals surface area contributed by atoms with Crippen molar-refractivity contribution in [2.75, 3.05) is 0 Å². The van der Waals surface area contributed by atoms with Crippen LogP contribution in [0.1, 0.15) is 22.5 Å². The highest BCUT2D eigenvalue weighted by Crippen LogP contribution is 2.25. The molecule has 0 aliphatic heterocycles. The second-order valence-electron chi connectivity index (χ2n) is 4.41. The Hall–Kier alpha value is -1.88. The van der Waals surface area contributed by atoms with Gasteiger partial charge in [-0.3, -0.25) is 10.1 Å². The molecular formula is C13H14ClN3O2. The highest BCUT2D eigenvalue weighted by molar-refractivity contribution is 6.17. The van der Waals surface area contributed by atoms with Crippen LogP contribution >= 0.6 is 11.6 Å². The third-order valence-electron chi connectivity index (χ3n) is 3.30. The molecule has 0 aliphatic rings. The molecule has 2 rings (SSSR count). The second-order valence-corrected chi connectivity index (χ2v) is 4.68. The van der Waals surface area contributed by atoms with Crippen molar-refractivity contribution in [3.8, 4) is 5.69 Å². The molecule has 19 heavy (non-hydrogen) atoms. The van der Waals surface area contributed by atoms with E-state index in [0.29, 0.717) is 5.56 Å². The van der Waals surface area contributed by atoms with E-state index in [4.69, 9.17) is 11.6 Å². The van der Waals surface area contributed by atoms with Gasteiger partial charge in [0.1, 0.15) is 0 Å². The van der Waals surface area contributed by atoms with Crippen molar-refractivity contribution in [1.82, 2.24) is 9.78 Å². The largest absolute Gasteiger partial charge is 0.269 e. The summed E-state index contributed by atoms with van der Waals surface area (Å²) in [4.78, 5) is 10.4. The number of benzene rings is 1. The lowest BCUT2D eigenvalue weighted by Crippen LogP contribution is -2.03. The number of nitrogens with zero attached hydrogens (tertiary/aromatic N) is 3. The van der Waals surface area contributed by atoms with Crippen molar-refractivity contribution in [3.63, 3.8) is 0 Å². The molecule has 0 spiro atoms. The summed E-state index contributed by atoms with van der Waals surface area (Å²) in [6, 6.07) is 4.65. The van der Waals surface area contributed by atoms with Crippen molar-refractivity contribution >= 4 is 17.3 Å². The zero-order valence-corrected chi connectivity index (χ0v) is 11.7. The zero-order chi connectivity index (χ0) is 14.2. The Kier molecular flexibility index (Phi) is 3.57. The molecule has 0 aliphatic carbocycles. The maximum absolute atomic E-state index is 10.8. The van der Waals surface area contributed by atoms with Crippen LogP contribution in [-0.4, -0.2) is 14.7 Å². The normalized spacial score (nSPS) is 10.7. The summed E-state index contributed by atoms with van der Waals surface area (Å²) in [5.74, 6) is 0.203. The predicted octanol–water partition coefficient (Wildman–Crippen LogP) is 3.44. The zero-order valence-electron chi connectivity index (χ0n) is 11.0. The van der Waals surface area contributed by atoms with Gasteiger partial charge in [0.15, 0.2) is 0 Å². The summed E-state index contributed by atoms with van der Waals surface area (Å²) in [7, 11) is 0. The van der Waals surface area contributed by atoms with Gasteiger partial charge in [-0.05, 0) is 38.0 Å². The molecule has 5 nitrogen and oxygen atoms in total. The van der Waals surface area contributed by atoms with Gasteiger partial charge in [-0.1, -0.05) is 0 Å². The fourth-order valence-electron chi connectivity index (χ4n) is 1.95. The molecule has 2 aromatic rings. The quantitative estimate of drug-likeness (QED) is 0.491. The second kappa shape index (κ2) is 5.01. The first-order valence-electron chi connectivity index (χ1n) is 5.82. The van der Waals surface area contributed by atoms with E-state index in [9.17, 15) is 10.1 Å².